The van der Waals surface area contributed by atoms with E-state index < -0.39 is 11.8 Å². The van der Waals surface area contributed by atoms with Gasteiger partial charge in [-0.3, -0.25) is 0 Å². The summed E-state index contributed by atoms with van der Waals surface area (Å²) in [5.41, 5.74) is 0.592. The zero-order chi connectivity index (χ0) is 13.1. The van der Waals surface area contributed by atoms with E-state index in [1.807, 2.05) is 13.0 Å². The van der Waals surface area contributed by atoms with Gasteiger partial charge < -0.3 is 9.84 Å². The number of aryl methyl sites for hydroxylation is 1. The maximum Gasteiger partial charge on any atom is 0.338 e. The van der Waals surface area contributed by atoms with Gasteiger partial charge in [0.25, 0.3) is 0 Å². The zero-order valence-electron chi connectivity index (χ0n) is 9.55. The van der Waals surface area contributed by atoms with Crippen LogP contribution in [0, 0.1) is 12.7 Å². The Morgan fingerprint density at radius 3 is 2.67 bits per heavy atom. The summed E-state index contributed by atoms with van der Waals surface area (Å²) in [6, 6.07) is 7.02. The van der Waals surface area contributed by atoms with Crippen LogP contribution >= 0.6 is 0 Å². The molecule has 5 heteroatoms. The summed E-state index contributed by atoms with van der Waals surface area (Å²) in [6.07, 6.45) is 1.62. The number of aromatic carboxylic acids is 1. The van der Waals surface area contributed by atoms with Crippen LogP contribution in [-0.4, -0.2) is 16.1 Å². The molecule has 0 unspecified atom stereocenters. The lowest BCUT2D eigenvalue weighted by Crippen LogP contribution is -2.00. The van der Waals surface area contributed by atoms with Crippen LogP contribution in [-0.2, 0) is 0 Å². The lowest BCUT2D eigenvalue weighted by molar-refractivity contribution is 0.0692. The summed E-state index contributed by atoms with van der Waals surface area (Å²) in [5, 5.41) is 8.68. The summed E-state index contributed by atoms with van der Waals surface area (Å²) >= 11 is 0. The van der Waals surface area contributed by atoms with Crippen LogP contribution in [0.15, 0.2) is 36.5 Å². The number of hydrogen-bond donors (Lipinski definition) is 1. The number of benzene rings is 1. The standard InChI is InChI=1S/C13H10FNO3/c1-8-2-5-12(15-7-8)18-9-3-4-10(13(16)17)11(14)6-9/h2-7H,1H3,(H,16,17). The van der Waals surface area contributed by atoms with Gasteiger partial charge in [-0.1, -0.05) is 6.07 Å². The Balaban J connectivity index is 2.22. The molecule has 0 radical (unpaired) electrons. The fraction of sp³-hybridized carbons (Fsp3) is 0.0769. The second-order valence-electron chi connectivity index (χ2n) is 3.72. The number of hydrogen-bond acceptors (Lipinski definition) is 3. The Labute approximate surface area is 103 Å². The molecule has 4 nitrogen and oxygen atoms in total. The molecule has 0 spiro atoms. The van der Waals surface area contributed by atoms with Gasteiger partial charge in [0.15, 0.2) is 0 Å². The largest absolute Gasteiger partial charge is 0.478 e. The van der Waals surface area contributed by atoms with E-state index >= 15 is 0 Å². The van der Waals surface area contributed by atoms with Gasteiger partial charge in [0.1, 0.15) is 11.6 Å². The van der Waals surface area contributed by atoms with Gasteiger partial charge in [-0.15, -0.1) is 0 Å². The monoisotopic (exact) mass is 247 g/mol. The number of nitrogens with zero attached hydrogens (tertiary/aromatic N) is 1. The average Bonchev–Trinajstić information content (AvgIpc) is 2.32. The molecule has 2 rings (SSSR count). The SMILES string of the molecule is Cc1ccc(Oc2ccc(C(=O)O)c(F)c2)nc1. The molecule has 0 bridgehead atoms. The first-order valence-corrected chi connectivity index (χ1v) is 5.19. The van der Waals surface area contributed by atoms with E-state index in [1.54, 1.807) is 12.3 Å². The van der Waals surface area contributed by atoms with Crippen molar-refractivity contribution in [2.75, 3.05) is 0 Å². The number of carboxylic acid groups (broad SMARTS) is 1. The number of aromatic nitrogens is 1. The predicted molar refractivity (Wildman–Crippen MR) is 62.4 cm³/mol. The molecule has 0 atom stereocenters. The topological polar surface area (TPSA) is 59.4 Å². The van der Waals surface area contributed by atoms with Gasteiger partial charge in [-0.05, 0) is 24.6 Å². The Morgan fingerprint density at radius 1 is 1.33 bits per heavy atom. The molecule has 0 saturated carbocycles. The zero-order valence-corrected chi connectivity index (χ0v) is 9.55. The van der Waals surface area contributed by atoms with E-state index in [1.165, 1.54) is 6.07 Å². The first-order chi connectivity index (χ1) is 8.56. The summed E-state index contributed by atoms with van der Waals surface area (Å²) in [6.45, 7) is 1.89. The first-order valence-electron chi connectivity index (χ1n) is 5.19. The molecule has 0 aliphatic rings. The van der Waals surface area contributed by atoms with Crippen molar-refractivity contribution >= 4 is 5.97 Å². The van der Waals surface area contributed by atoms with Gasteiger partial charge in [0, 0.05) is 18.3 Å². The third-order valence-electron chi connectivity index (χ3n) is 2.28. The van der Waals surface area contributed by atoms with E-state index in [9.17, 15) is 9.18 Å². The van der Waals surface area contributed by atoms with Crippen LogP contribution in [0.5, 0.6) is 11.6 Å². The number of carboxylic acids is 1. The van der Waals surface area contributed by atoms with E-state index in [4.69, 9.17) is 9.84 Å². The van der Waals surface area contributed by atoms with Crippen LogP contribution in [0.3, 0.4) is 0 Å². The third-order valence-corrected chi connectivity index (χ3v) is 2.28. The molecule has 2 aromatic rings. The maximum atomic E-state index is 13.4. The normalized spacial score (nSPS) is 10.1. The van der Waals surface area contributed by atoms with Gasteiger partial charge in [-0.2, -0.15) is 0 Å². The van der Waals surface area contributed by atoms with Crippen LogP contribution in [0.4, 0.5) is 4.39 Å². The second-order valence-corrected chi connectivity index (χ2v) is 3.72. The molecule has 0 fully saturated rings. The molecule has 0 aliphatic heterocycles. The lowest BCUT2D eigenvalue weighted by Gasteiger charge is -2.05. The number of pyridine rings is 1. The summed E-state index contributed by atoms with van der Waals surface area (Å²) in [5.74, 6) is -1.63. The molecule has 0 amide bonds. The van der Waals surface area contributed by atoms with Crippen molar-refractivity contribution in [2.45, 2.75) is 6.92 Å². The summed E-state index contributed by atoms with van der Waals surface area (Å²) < 4.78 is 18.7. The Bertz CT molecular complexity index is 581. The van der Waals surface area contributed by atoms with E-state index in [-0.39, 0.29) is 11.3 Å². The second kappa shape index (κ2) is 4.83. The Kier molecular flexibility index (Phi) is 3.23. The molecular weight excluding hydrogens is 237 g/mol. The number of rotatable bonds is 3. The fourth-order valence-corrected chi connectivity index (χ4v) is 1.37. The Morgan fingerprint density at radius 2 is 2.11 bits per heavy atom. The van der Waals surface area contributed by atoms with Crippen LogP contribution in [0.1, 0.15) is 15.9 Å². The molecule has 1 heterocycles. The molecule has 0 aliphatic carbocycles. The smallest absolute Gasteiger partial charge is 0.338 e. The minimum atomic E-state index is -1.31. The molecule has 92 valence electrons. The Hall–Kier alpha value is -2.43. The molecular formula is C13H10FNO3. The van der Waals surface area contributed by atoms with Crippen LogP contribution in [0.2, 0.25) is 0 Å². The van der Waals surface area contributed by atoms with Crippen LogP contribution in [0.25, 0.3) is 0 Å². The van der Waals surface area contributed by atoms with Crippen molar-refractivity contribution < 1.29 is 19.0 Å². The van der Waals surface area contributed by atoms with Gasteiger partial charge in [0.05, 0.1) is 5.56 Å². The maximum absolute atomic E-state index is 13.4. The highest BCUT2D eigenvalue weighted by atomic mass is 19.1. The summed E-state index contributed by atoms with van der Waals surface area (Å²) in [4.78, 5) is 14.6. The first kappa shape index (κ1) is 12.0. The highest BCUT2D eigenvalue weighted by Crippen LogP contribution is 2.22. The van der Waals surface area contributed by atoms with Gasteiger partial charge in [0.2, 0.25) is 5.88 Å². The minimum absolute atomic E-state index is 0.203. The molecule has 1 N–H and O–H groups in total. The predicted octanol–water partition coefficient (Wildman–Crippen LogP) is 3.02. The summed E-state index contributed by atoms with van der Waals surface area (Å²) in [7, 11) is 0. The van der Waals surface area contributed by atoms with Crippen molar-refractivity contribution in [3.63, 3.8) is 0 Å². The van der Waals surface area contributed by atoms with Crippen LogP contribution < -0.4 is 4.74 Å². The van der Waals surface area contributed by atoms with Gasteiger partial charge >= 0.3 is 5.97 Å². The van der Waals surface area contributed by atoms with E-state index in [0.717, 1.165) is 17.7 Å². The quantitative estimate of drug-likeness (QED) is 0.905. The van der Waals surface area contributed by atoms with E-state index in [0.29, 0.717) is 5.88 Å². The number of carbonyl (C=O) groups is 1. The van der Waals surface area contributed by atoms with Crippen molar-refractivity contribution in [1.29, 1.82) is 0 Å². The lowest BCUT2D eigenvalue weighted by atomic mass is 10.2. The number of ether oxygens (including phenoxy) is 1. The van der Waals surface area contributed by atoms with Crippen molar-refractivity contribution in [2.24, 2.45) is 0 Å². The highest BCUT2D eigenvalue weighted by molar-refractivity contribution is 5.88. The van der Waals surface area contributed by atoms with Gasteiger partial charge in [-0.25, -0.2) is 14.2 Å². The third kappa shape index (κ3) is 2.63. The average molecular weight is 247 g/mol. The highest BCUT2D eigenvalue weighted by Gasteiger charge is 2.11. The minimum Gasteiger partial charge on any atom is -0.478 e. The van der Waals surface area contributed by atoms with Crippen molar-refractivity contribution in [3.8, 4) is 11.6 Å². The molecule has 0 saturated heterocycles. The fourth-order valence-electron chi connectivity index (χ4n) is 1.37. The van der Waals surface area contributed by atoms with Crippen molar-refractivity contribution in [1.82, 2.24) is 4.98 Å². The number of halogens is 1. The molecule has 18 heavy (non-hydrogen) atoms. The molecule has 1 aromatic carbocycles. The van der Waals surface area contributed by atoms with Crippen molar-refractivity contribution in [3.05, 3.63) is 53.5 Å². The molecule has 1 aromatic heterocycles. The van der Waals surface area contributed by atoms with E-state index in [2.05, 4.69) is 4.98 Å².